The van der Waals surface area contributed by atoms with Crippen molar-refractivity contribution in [3.63, 3.8) is 0 Å². The molecule has 0 spiro atoms. The lowest BCUT2D eigenvalue weighted by Crippen LogP contribution is -2.33. The molecule has 4 amide bonds. The Morgan fingerprint density at radius 3 is 2.58 bits per heavy atom. The summed E-state index contributed by atoms with van der Waals surface area (Å²) >= 11 is 1.58. The standard InChI is InChI=1S/C17H17N3O3S/c21-14(9-8-12-16(22)20-17(23)18-12)19-15(13-7-4-10-24-13)11-5-2-1-3-6-11/h1-7,10,12,15H,8-9H2,(H,19,21)(H2,18,20,22,23)/t12-,15+/m1/s1. The normalized spacial score (nSPS) is 17.9. The highest BCUT2D eigenvalue weighted by Crippen LogP contribution is 2.26. The number of hydrogen-bond donors (Lipinski definition) is 3. The maximum Gasteiger partial charge on any atom is 0.322 e. The van der Waals surface area contributed by atoms with E-state index in [1.807, 2.05) is 47.8 Å². The largest absolute Gasteiger partial charge is 0.344 e. The van der Waals surface area contributed by atoms with Crippen LogP contribution < -0.4 is 16.0 Å². The van der Waals surface area contributed by atoms with Crippen LogP contribution in [0.4, 0.5) is 4.79 Å². The van der Waals surface area contributed by atoms with Gasteiger partial charge in [-0.25, -0.2) is 4.79 Å². The van der Waals surface area contributed by atoms with Gasteiger partial charge < -0.3 is 10.6 Å². The van der Waals surface area contributed by atoms with Crippen LogP contribution in [0.3, 0.4) is 0 Å². The zero-order chi connectivity index (χ0) is 16.9. The summed E-state index contributed by atoms with van der Waals surface area (Å²) in [5, 5.41) is 9.64. The lowest BCUT2D eigenvalue weighted by Gasteiger charge is -2.18. The van der Waals surface area contributed by atoms with Crippen LogP contribution in [0.25, 0.3) is 0 Å². The number of imide groups is 1. The lowest BCUT2D eigenvalue weighted by atomic mass is 10.0. The van der Waals surface area contributed by atoms with Gasteiger partial charge >= 0.3 is 6.03 Å². The highest BCUT2D eigenvalue weighted by Gasteiger charge is 2.29. The van der Waals surface area contributed by atoms with Gasteiger partial charge in [-0.3, -0.25) is 14.9 Å². The number of rotatable bonds is 6. The zero-order valence-electron chi connectivity index (χ0n) is 12.8. The van der Waals surface area contributed by atoms with E-state index >= 15 is 0 Å². The van der Waals surface area contributed by atoms with Gasteiger partial charge in [0.25, 0.3) is 5.91 Å². The van der Waals surface area contributed by atoms with Crippen molar-refractivity contribution in [1.82, 2.24) is 16.0 Å². The fourth-order valence-corrected chi connectivity index (χ4v) is 3.39. The van der Waals surface area contributed by atoms with E-state index in [0.717, 1.165) is 10.4 Å². The number of hydrogen-bond acceptors (Lipinski definition) is 4. The van der Waals surface area contributed by atoms with E-state index in [0.29, 0.717) is 0 Å². The first kappa shape index (κ1) is 16.2. The molecule has 0 saturated carbocycles. The molecular formula is C17H17N3O3S. The van der Waals surface area contributed by atoms with Crippen LogP contribution in [0.15, 0.2) is 47.8 Å². The lowest BCUT2D eigenvalue weighted by molar-refractivity contribution is -0.122. The van der Waals surface area contributed by atoms with Gasteiger partial charge in [-0.2, -0.15) is 0 Å². The fraction of sp³-hybridized carbons (Fsp3) is 0.235. The van der Waals surface area contributed by atoms with Gasteiger partial charge in [-0.1, -0.05) is 36.4 Å². The Hall–Kier alpha value is -2.67. The summed E-state index contributed by atoms with van der Waals surface area (Å²) in [7, 11) is 0. The Morgan fingerprint density at radius 1 is 1.17 bits per heavy atom. The molecule has 24 heavy (non-hydrogen) atoms. The molecule has 0 aliphatic carbocycles. The Bertz CT molecular complexity index is 731. The number of nitrogens with one attached hydrogen (secondary N) is 3. The first-order valence-electron chi connectivity index (χ1n) is 7.62. The summed E-state index contributed by atoms with van der Waals surface area (Å²) in [5.74, 6) is -0.545. The third-order valence-corrected chi connectivity index (χ3v) is 4.72. The number of amides is 4. The maximum atomic E-state index is 12.3. The molecule has 1 aromatic heterocycles. The molecule has 2 heterocycles. The van der Waals surface area contributed by atoms with Crippen molar-refractivity contribution < 1.29 is 14.4 Å². The molecule has 7 heteroatoms. The summed E-state index contributed by atoms with van der Waals surface area (Å²) in [6.45, 7) is 0. The van der Waals surface area contributed by atoms with Crippen LogP contribution >= 0.6 is 11.3 Å². The molecule has 2 atom stereocenters. The van der Waals surface area contributed by atoms with Crippen LogP contribution in [0.1, 0.15) is 29.3 Å². The van der Waals surface area contributed by atoms with Gasteiger partial charge in [-0.15, -0.1) is 11.3 Å². The van der Waals surface area contributed by atoms with Crippen molar-refractivity contribution in [1.29, 1.82) is 0 Å². The fourth-order valence-electron chi connectivity index (χ4n) is 2.59. The third kappa shape index (κ3) is 3.80. The van der Waals surface area contributed by atoms with Crippen molar-refractivity contribution in [2.75, 3.05) is 0 Å². The SMILES string of the molecule is O=C(CC[C@H]1NC(=O)NC1=O)N[C@@H](c1ccccc1)c1cccs1. The quantitative estimate of drug-likeness (QED) is 0.701. The van der Waals surface area contributed by atoms with Gasteiger partial charge in [0.05, 0.1) is 6.04 Å². The molecule has 1 aliphatic heterocycles. The molecule has 1 fully saturated rings. The summed E-state index contributed by atoms with van der Waals surface area (Å²) in [6, 6.07) is 12.3. The van der Waals surface area contributed by atoms with Crippen molar-refractivity contribution in [2.24, 2.45) is 0 Å². The minimum Gasteiger partial charge on any atom is -0.344 e. The number of thiophene rings is 1. The summed E-state index contributed by atoms with van der Waals surface area (Å²) < 4.78 is 0. The smallest absolute Gasteiger partial charge is 0.322 e. The topological polar surface area (TPSA) is 87.3 Å². The van der Waals surface area contributed by atoms with Gasteiger partial charge in [0, 0.05) is 11.3 Å². The van der Waals surface area contributed by atoms with E-state index in [2.05, 4.69) is 16.0 Å². The van der Waals surface area contributed by atoms with Crippen LogP contribution in [0.2, 0.25) is 0 Å². The monoisotopic (exact) mass is 343 g/mol. The Morgan fingerprint density at radius 2 is 1.96 bits per heavy atom. The molecule has 6 nitrogen and oxygen atoms in total. The van der Waals surface area contributed by atoms with Crippen LogP contribution in [-0.4, -0.2) is 23.9 Å². The highest BCUT2D eigenvalue weighted by atomic mass is 32.1. The molecule has 3 rings (SSSR count). The summed E-state index contributed by atoms with van der Waals surface area (Å²) in [6.07, 6.45) is 0.433. The van der Waals surface area contributed by atoms with Gasteiger partial charge in [0.1, 0.15) is 6.04 Å². The van der Waals surface area contributed by atoms with E-state index in [9.17, 15) is 14.4 Å². The minimum absolute atomic E-state index is 0.160. The van der Waals surface area contributed by atoms with Crippen molar-refractivity contribution in [3.8, 4) is 0 Å². The van der Waals surface area contributed by atoms with Crippen LogP contribution in [-0.2, 0) is 9.59 Å². The maximum absolute atomic E-state index is 12.3. The Balaban J connectivity index is 1.64. The molecule has 3 N–H and O–H groups in total. The second-order valence-electron chi connectivity index (χ2n) is 5.48. The van der Waals surface area contributed by atoms with E-state index in [-0.39, 0.29) is 30.7 Å². The first-order valence-corrected chi connectivity index (χ1v) is 8.50. The summed E-state index contributed by atoms with van der Waals surface area (Å²) in [5.41, 5.74) is 1.00. The van der Waals surface area contributed by atoms with Gasteiger partial charge in [0.15, 0.2) is 0 Å². The molecule has 1 saturated heterocycles. The van der Waals surface area contributed by atoms with Gasteiger partial charge in [0.2, 0.25) is 5.91 Å². The predicted octanol–water partition coefficient (Wildman–Crippen LogP) is 1.94. The molecule has 0 bridgehead atoms. The average Bonchev–Trinajstić information content (AvgIpc) is 3.21. The summed E-state index contributed by atoms with van der Waals surface area (Å²) in [4.78, 5) is 35.9. The molecule has 124 valence electrons. The molecular weight excluding hydrogens is 326 g/mol. The molecule has 0 radical (unpaired) electrons. The average molecular weight is 343 g/mol. The van der Waals surface area contributed by atoms with E-state index in [1.165, 1.54) is 0 Å². The molecule has 2 aromatic rings. The Kier molecular flexibility index (Phi) is 4.90. The molecule has 0 unspecified atom stereocenters. The van der Waals surface area contributed by atoms with E-state index in [4.69, 9.17) is 0 Å². The molecule has 1 aromatic carbocycles. The number of benzene rings is 1. The minimum atomic E-state index is -0.639. The first-order chi connectivity index (χ1) is 11.6. The van der Waals surface area contributed by atoms with E-state index < -0.39 is 12.1 Å². The number of carbonyl (C=O) groups excluding carboxylic acids is 3. The van der Waals surface area contributed by atoms with Crippen molar-refractivity contribution in [3.05, 3.63) is 58.3 Å². The van der Waals surface area contributed by atoms with Crippen molar-refractivity contribution in [2.45, 2.75) is 24.9 Å². The second-order valence-corrected chi connectivity index (χ2v) is 6.46. The number of carbonyl (C=O) groups is 3. The Labute approximate surface area is 143 Å². The highest BCUT2D eigenvalue weighted by molar-refractivity contribution is 7.10. The number of urea groups is 1. The predicted molar refractivity (Wildman–Crippen MR) is 90.4 cm³/mol. The van der Waals surface area contributed by atoms with Crippen molar-refractivity contribution >= 4 is 29.2 Å². The second kappa shape index (κ2) is 7.27. The van der Waals surface area contributed by atoms with Crippen LogP contribution in [0, 0.1) is 0 Å². The molecule has 1 aliphatic rings. The zero-order valence-corrected chi connectivity index (χ0v) is 13.6. The van der Waals surface area contributed by atoms with Crippen LogP contribution in [0.5, 0.6) is 0 Å². The van der Waals surface area contributed by atoms with Gasteiger partial charge in [-0.05, 0) is 23.4 Å². The third-order valence-electron chi connectivity index (χ3n) is 3.78. The van der Waals surface area contributed by atoms with E-state index in [1.54, 1.807) is 11.3 Å².